The standard InChI is InChI=1S/C11H14BN/c1-7(2)11-12-9-6-4-5-8(3)10(9)13-11/h4-7,12H,1-3H3. The highest BCUT2D eigenvalue weighted by atomic mass is 14.8. The second-order valence-corrected chi connectivity index (χ2v) is 4.02. The summed E-state index contributed by atoms with van der Waals surface area (Å²) in [6, 6.07) is 6.43. The summed E-state index contributed by atoms with van der Waals surface area (Å²) in [5.74, 6) is 0.576. The second-order valence-electron chi connectivity index (χ2n) is 4.02. The van der Waals surface area contributed by atoms with Crippen molar-refractivity contribution in [1.82, 2.24) is 0 Å². The van der Waals surface area contributed by atoms with Crippen molar-refractivity contribution < 1.29 is 0 Å². The van der Waals surface area contributed by atoms with Crippen LogP contribution in [0, 0.1) is 12.8 Å². The zero-order valence-corrected chi connectivity index (χ0v) is 8.46. The van der Waals surface area contributed by atoms with Crippen LogP contribution < -0.4 is 5.46 Å². The van der Waals surface area contributed by atoms with Crippen LogP contribution in [-0.2, 0) is 0 Å². The van der Waals surface area contributed by atoms with Crippen molar-refractivity contribution in [2.75, 3.05) is 0 Å². The summed E-state index contributed by atoms with van der Waals surface area (Å²) in [4.78, 5) is 4.67. The zero-order chi connectivity index (χ0) is 9.42. The lowest BCUT2D eigenvalue weighted by Crippen LogP contribution is -2.21. The van der Waals surface area contributed by atoms with Gasteiger partial charge in [-0.25, -0.2) is 0 Å². The Labute approximate surface area is 80.1 Å². The third-order valence-corrected chi connectivity index (χ3v) is 2.61. The predicted octanol–water partition coefficient (Wildman–Crippen LogP) is 1.76. The van der Waals surface area contributed by atoms with E-state index in [1.807, 2.05) is 0 Å². The molecule has 0 N–H and O–H groups in total. The van der Waals surface area contributed by atoms with Crippen molar-refractivity contribution in [1.29, 1.82) is 0 Å². The Balaban J connectivity index is 2.43. The van der Waals surface area contributed by atoms with Crippen LogP contribution in [0.25, 0.3) is 0 Å². The summed E-state index contributed by atoms with van der Waals surface area (Å²) in [6.45, 7) is 6.55. The highest BCUT2D eigenvalue weighted by molar-refractivity contribution is 6.88. The van der Waals surface area contributed by atoms with E-state index in [9.17, 15) is 0 Å². The Bertz CT molecular complexity index is 366. The largest absolute Gasteiger partial charge is 0.268 e. The van der Waals surface area contributed by atoms with E-state index >= 15 is 0 Å². The van der Waals surface area contributed by atoms with Crippen LogP contribution in [0.5, 0.6) is 0 Å². The first kappa shape index (κ1) is 8.55. The molecule has 1 aromatic carbocycles. The van der Waals surface area contributed by atoms with Crippen LogP contribution in [0.4, 0.5) is 5.69 Å². The van der Waals surface area contributed by atoms with Crippen molar-refractivity contribution in [2.24, 2.45) is 10.9 Å². The molecule has 1 nitrogen and oxygen atoms in total. The summed E-state index contributed by atoms with van der Waals surface area (Å²) in [6.07, 6.45) is 0. The smallest absolute Gasteiger partial charge is 0.214 e. The van der Waals surface area contributed by atoms with Crippen LogP contribution in [0.15, 0.2) is 23.2 Å². The minimum Gasteiger partial charge on any atom is -0.268 e. The minimum atomic E-state index is 0.576. The molecule has 0 amide bonds. The number of fused-ring (bicyclic) bond motifs is 1. The van der Waals surface area contributed by atoms with Crippen molar-refractivity contribution in [3.05, 3.63) is 23.8 Å². The van der Waals surface area contributed by atoms with Gasteiger partial charge in [0.25, 0.3) is 0 Å². The van der Waals surface area contributed by atoms with Crippen LogP contribution in [0.3, 0.4) is 0 Å². The molecule has 0 radical (unpaired) electrons. The van der Waals surface area contributed by atoms with Crippen LogP contribution in [0.1, 0.15) is 19.4 Å². The molecule has 2 heteroatoms. The molecular weight excluding hydrogens is 157 g/mol. The van der Waals surface area contributed by atoms with Crippen molar-refractivity contribution >= 4 is 24.0 Å². The van der Waals surface area contributed by atoms with Crippen LogP contribution in [-0.4, -0.2) is 12.9 Å². The van der Waals surface area contributed by atoms with Gasteiger partial charge in [-0.1, -0.05) is 37.5 Å². The minimum absolute atomic E-state index is 0.576. The van der Waals surface area contributed by atoms with E-state index in [1.54, 1.807) is 0 Å². The quantitative estimate of drug-likeness (QED) is 0.571. The molecule has 1 heterocycles. The first-order valence-electron chi connectivity index (χ1n) is 4.84. The average molecular weight is 171 g/mol. The molecule has 66 valence electrons. The Morgan fingerprint density at radius 2 is 2.08 bits per heavy atom. The number of nitrogens with zero attached hydrogens (tertiary/aromatic N) is 1. The molecule has 0 saturated heterocycles. The highest BCUT2D eigenvalue weighted by Gasteiger charge is 2.18. The summed E-state index contributed by atoms with van der Waals surface area (Å²) < 4.78 is 0. The Morgan fingerprint density at radius 1 is 1.31 bits per heavy atom. The van der Waals surface area contributed by atoms with Gasteiger partial charge in [-0.2, -0.15) is 0 Å². The van der Waals surface area contributed by atoms with Gasteiger partial charge in [-0.15, -0.1) is 0 Å². The van der Waals surface area contributed by atoms with Crippen molar-refractivity contribution in [3.63, 3.8) is 0 Å². The third-order valence-electron chi connectivity index (χ3n) is 2.61. The van der Waals surface area contributed by atoms with Gasteiger partial charge in [-0.05, 0) is 24.0 Å². The predicted molar refractivity (Wildman–Crippen MR) is 59.9 cm³/mol. The number of aryl methyl sites for hydroxylation is 1. The van der Waals surface area contributed by atoms with Gasteiger partial charge in [0.05, 0.1) is 5.69 Å². The van der Waals surface area contributed by atoms with Gasteiger partial charge in [-0.3, -0.25) is 4.99 Å². The molecule has 0 unspecified atom stereocenters. The molecule has 0 atom stereocenters. The summed E-state index contributed by atoms with van der Waals surface area (Å²) in [5.41, 5.74) is 5.23. The second kappa shape index (κ2) is 3.02. The monoisotopic (exact) mass is 171 g/mol. The van der Waals surface area contributed by atoms with E-state index in [0.717, 1.165) is 7.28 Å². The normalized spacial score (nSPS) is 14.0. The maximum Gasteiger partial charge on any atom is 0.214 e. The Kier molecular flexibility index (Phi) is 1.99. The fraction of sp³-hybridized carbons (Fsp3) is 0.364. The van der Waals surface area contributed by atoms with E-state index in [-0.39, 0.29) is 0 Å². The van der Waals surface area contributed by atoms with Gasteiger partial charge in [0.2, 0.25) is 7.28 Å². The molecule has 1 aliphatic heterocycles. The van der Waals surface area contributed by atoms with E-state index in [2.05, 4.69) is 44.0 Å². The number of hydrogen-bond donors (Lipinski definition) is 0. The molecule has 0 bridgehead atoms. The van der Waals surface area contributed by atoms with Crippen LogP contribution >= 0.6 is 0 Å². The van der Waals surface area contributed by atoms with E-state index < -0.39 is 0 Å². The van der Waals surface area contributed by atoms with E-state index in [1.165, 1.54) is 22.3 Å². The molecule has 0 spiro atoms. The number of hydrogen-bond acceptors (Lipinski definition) is 1. The van der Waals surface area contributed by atoms with Gasteiger partial charge < -0.3 is 0 Å². The molecule has 0 saturated carbocycles. The number of para-hydroxylation sites is 1. The molecule has 1 aliphatic rings. The molecule has 1 aromatic rings. The highest BCUT2D eigenvalue weighted by Crippen LogP contribution is 2.21. The molecule has 0 aliphatic carbocycles. The molecular formula is C11H14BN. The lowest BCUT2D eigenvalue weighted by atomic mass is 9.64. The van der Waals surface area contributed by atoms with Crippen LogP contribution in [0.2, 0.25) is 0 Å². The molecule has 0 aromatic heterocycles. The molecule has 0 fully saturated rings. The summed E-state index contributed by atoms with van der Waals surface area (Å²) in [5, 5.41) is 0. The fourth-order valence-corrected chi connectivity index (χ4v) is 1.73. The van der Waals surface area contributed by atoms with Crippen molar-refractivity contribution in [3.8, 4) is 0 Å². The van der Waals surface area contributed by atoms with E-state index in [0.29, 0.717) is 5.92 Å². The summed E-state index contributed by atoms with van der Waals surface area (Å²) >= 11 is 0. The van der Waals surface area contributed by atoms with Gasteiger partial charge in [0.15, 0.2) is 0 Å². The Hall–Kier alpha value is -1.05. The Morgan fingerprint density at radius 3 is 2.69 bits per heavy atom. The first-order valence-corrected chi connectivity index (χ1v) is 4.84. The summed E-state index contributed by atoms with van der Waals surface area (Å²) in [7, 11) is 1.05. The topological polar surface area (TPSA) is 12.4 Å². The van der Waals surface area contributed by atoms with Gasteiger partial charge in [0.1, 0.15) is 0 Å². The third kappa shape index (κ3) is 1.41. The van der Waals surface area contributed by atoms with Gasteiger partial charge in [0, 0.05) is 0 Å². The fourth-order valence-electron chi connectivity index (χ4n) is 1.73. The lowest BCUT2D eigenvalue weighted by molar-refractivity contribution is 0.899. The SMILES string of the molecule is Cc1cccc2c1N=C(C(C)C)B2. The average Bonchev–Trinajstić information content (AvgIpc) is 2.49. The number of rotatable bonds is 1. The lowest BCUT2D eigenvalue weighted by Gasteiger charge is -2.00. The molecule has 13 heavy (non-hydrogen) atoms. The van der Waals surface area contributed by atoms with Crippen molar-refractivity contribution in [2.45, 2.75) is 20.8 Å². The van der Waals surface area contributed by atoms with Gasteiger partial charge >= 0.3 is 0 Å². The maximum absolute atomic E-state index is 4.67. The number of aliphatic imine (C=N–C) groups is 1. The maximum atomic E-state index is 4.67. The molecule has 2 rings (SSSR count). The number of benzene rings is 1. The first-order chi connectivity index (χ1) is 6.18. The van der Waals surface area contributed by atoms with E-state index in [4.69, 9.17) is 0 Å². The zero-order valence-electron chi connectivity index (χ0n) is 8.46.